The zero-order valence-electron chi connectivity index (χ0n) is 14.6. The van der Waals surface area contributed by atoms with Crippen LogP contribution in [0.5, 0.6) is 0 Å². The topological polar surface area (TPSA) is 43.4 Å². The Morgan fingerprint density at radius 3 is 2.52 bits per heavy atom. The van der Waals surface area contributed by atoms with Crippen LogP contribution < -0.4 is 5.43 Å². The Kier molecular flexibility index (Phi) is 5.13. The summed E-state index contributed by atoms with van der Waals surface area (Å²) in [4.78, 5) is 25.0. The first kappa shape index (κ1) is 17.2. The molecule has 3 aromatic rings. The molecular weight excluding hydrogens is 312 g/mol. The van der Waals surface area contributed by atoms with Crippen molar-refractivity contribution in [1.29, 1.82) is 0 Å². The third-order valence-electron chi connectivity index (χ3n) is 4.56. The van der Waals surface area contributed by atoms with Crippen molar-refractivity contribution in [3.63, 3.8) is 0 Å². The van der Waals surface area contributed by atoms with Crippen LogP contribution in [0.3, 0.4) is 0 Å². The normalized spacial score (nSPS) is 12.2. The number of hydrogen-bond donors (Lipinski definition) is 0. The van der Waals surface area contributed by atoms with Crippen LogP contribution in [-0.2, 0) is 9.53 Å². The van der Waals surface area contributed by atoms with E-state index in [0.717, 1.165) is 29.2 Å². The molecular formula is C22H22O3. The number of ether oxygens (including phenoxy) is 1. The zero-order valence-corrected chi connectivity index (χ0v) is 14.6. The predicted octanol–water partition coefficient (Wildman–Crippen LogP) is 4.80. The molecule has 3 aromatic carbocycles. The summed E-state index contributed by atoms with van der Waals surface area (Å²) in [5.74, 6) is -0.572. The molecule has 0 saturated carbocycles. The Labute approximate surface area is 147 Å². The van der Waals surface area contributed by atoms with E-state index in [1.54, 1.807) is 0 Å². The molecule has 0 heterocycles. The van der Waals surface area contributed by atoms with E-state index in [4.69, 9.17) is 4.74 Å². The molecule has 0 bridgehead atoms. The molecule has 0 amide bonds. The summed E-state index contributed by atoms with van der Waals surface area (Å²) in [5, 5.41) is 3.12. The van der Waals surface area contributed by atoms with Crippen LogP contribution in [-0.4, -0.2) is 12.6 Å². The molecule has 0 aliphatic heterocycles. The highest BCUT2D eigenvalue weighted by molar-refractivity contribution is 5.94. The second-order valence-corrected chi connectivity index (χ2v) is 6.34. The van der Waals surface area contributed by atoms with Crippen LogP contribution in [0.4, 0.5) is 0 Å². The number of unbranched alkanes of at least 4 members (excludes halogenated alkanes) is 1. The molecule has 0 aromatic heterocycles. The van der Waals surface area contributed by atoms with Gasteiger partial charge in [-0.15, -0.1) is 0 Å². The van der Waals surface area contributed by atoms with Crippen molar-refractivity contribution in [2.45, 2.75) is 32.6 Å². The lowest BCUT2D eigenvalue weighted by molar-refractivity contribution is -0.145. The molecule has 0 aliphatic carbocycles. The highest BCUT2D eigenvalue weighted by atomic mass is 16.5. The second kappa shape index (κ2) is 7.47. The van der Waals surface area contributed by atoms with Crippen LogP contribution >= 0.6 is 0 Å². The summed E-state index contributed by atoms with van der Waals surface area (Å²) in [6.07, 6.45) is 1.87. The summed E-state index contributed by atoms with van der Waals surface area (Å²) in [6.45, 7) is 4.36. The standard InChI is InChI=1S/C22H22O3/c1-3-4-13-25-22(24)15(2)17-11-12-20-18(14-17)10-9-16-7-5-6-8-19(16)21(20)23/h5-12,14-15H,3-4,13H2,1-2H3. The summed E-state index contributed by atoms with van der Waals surface area (Å²) in [5.41, 5.74) is 0.879. The lowest BCUT2D eigenvalue weighted by Gasteiger charge is -2.12. The second-order valence-electron chi connectivity index (χ2n) is 6.34. The first-order chi connectivity index (χ1) is 12.1. The molecule has 0 fully saturated rings. The number of esters is 1. The highest BCUT2D eigenvalue weighted by Gasteiger charge is 2.17. The number of rotatable bonds is 5. The monoisotopic (exact) mass is 334 g/mol. The largest absolute Gasteiger partial charge is 0.465 e. The smallest absolute Gasteiger partial charge is 0.313 e. The van der Waals surface area contributed by atoms with Gasteiger partial charge >= 0.3 is 5.97 Å². The maximum atomic E-state index is 12.8. The van der Waals surface area contributed by atoms with E-state index >= 15 is 0 Å². The average Bonchev–Trinajstić information content (AvgIpc) is 2.78. The molecule has 0 saturated heterocycles. The first-order valence-corrected chi connectivity index (χ1v) is 8.74. The number of benzene rings is 2. The van der Waals surface area contributed by atoms with E-state index in [-0.39, 0.29) is 17.3 Å². The van der Waals surface area contributed by atoms with Crippen LogP contribution in [0.25, 0.3) is 21.5 Å². The van der Waals surface area contributed by atoms with E-state index in [1.165, 1.54) is 0 Å². The molecule has 0 spiro atoms. The van der Waals surface area contributed by atoms with E-state index in [2.05, 4.69) is 6.92 Å². The van der Waals surface area contributed by atoms with Crippen molar-refractivity contribution in [3.05, 3.63) is 70.4 Å². The minimum atomic E-state index is -0.351. The van der Waals surface area contributed by atoms with E-state index in [0.29, 0.717) is 17.4 Å². The van der Waals surface area contributed by atoms with Crippen LogP contribution in [0.2, 0.25) is 0 Å². The Bertz CT molecular complexity index is 975. The Balaban J connectivity index is 2.01. The Morgan fingerprint density at radius 1 is 1.00 bits per heavy atom. The van der Waals surface area contributed by atoms with Crippen LogP contribution in [0.1, 0.15) is 38.2 Å². The molecule has 0 radical (unpaired) electrons. The third kappa shape index (κ3) is 3.55. The van der Waals surface area contributed by atoms with Gasteiger partial charge in [-0.05, 0) is 29.7 Å². The summed E-state index contributed by atoms with van der Waals surface area (Å²) < 4.78 is 5.32. The van der Waals surface area contributed by atoms with E-state index < -0.39 is 0 Å². The fraction of sp³-hybridized carbons (Fsp3) is 0.273. The number of fused-ring (bicyclic) bond motifs is 2. The maximum absolute atomic E-state index is 12.8. The molecule has 3 nitrogen and oxygen atoms in total. The van der Waals surface area contributed by atoms with Gasteiger partial charge in [0.05, 0.1) is 12.5 Å². The van der Waals surface area contributed by atoms with E-state index in [1.807, 2.05) is 61.5 Å². The SMILES string of the molecule is CCCCOC(=O)C(C)c1ccc2c(=O)c3ccccc3ccc2c1. The third-order valence-corrected chi connectivity index (χ3v) is 4.56. The first-order valence-electron chi connectivity index (χ1n) is 8.74. The molecule has 1 atom stereocenters. The quantitative estimate of drug-likeness (QED) is 0.497. The Hall–Kier alpha value is -2.68. The minimum Gasteiger partial charge on any atom is -0.465 e. The number of hydrogen-bond acceptors (Lipinski definition) is 3. The zero-order chi connectivity index (χ0) is 17.8. The average molecular weight is 334 g/mol. The molecule has 3 heteroatoms. The maximum Gasteiger partial charge on any atom is 0.313 e. The summed E-state index contributed by atoms with van der Waals surface area (Å²) >= 11 is 0. The van der Waals surface area contributed by atoms with Gasteiger partial charge in [0.15, 0.2) is 5.43 Å². The molecule has 1 unspecified atom stereocenters. The van der Waals surface area contributed by atoms with Gasteiger partial charge in [-0.25, -0.2) is 0 Å². The fourth-order valence-electron chi connectivity index (χ4n) is 2.95. The van der Waals surface area contributed by atoms with Crippen molar-refractivity contribution < 1.29 is 9.53 Å². The van der Waals surface area contributed by atoms with Gasteiger partial charge < -0.3 is 4.74 Å². The van der Waals surface area contributed by atoms with Gasteiger partial charge in [-0.1, -0.05) is 67.9 Å². The van der Waals surface area contributed by atoms with Gasteiger partial charge in [-0.3, -0.25) is 9.59 Å². The van der Waals surface area contributed by atoms with Crippen molar-refractivity contribution in [3.8, 4) is 0 Å². The van der Waals surface area contributed by atoms with Crippen molar-refractivity contribution in [1.82, 2.24) is 0 Å². The van der Waals surface area contributed by atoms with Gasteiger partial charge in [0.25, 0.3) is 0 Å². The Morgan fingerprint density at radius 2 is 1.72 bits per heavy atom. The van der Waals surface area contributed by atoms with Crippen molar-refractivity contribution in [2.75, 3.05) is 6.61 Å². The fourth-order valence-corrected chi connectivity index (χ4v) is 2.95. The van der Waals surface area contributed by atoms with Gasteiger partial charge in [0.1, 0.15) is 0 Å². The highest BCUT2D eigenvalue weighted by Crippen LogP contribution is 2.22. The van der Waals surface area contributed by atoms with Gasteiger partial charge in [0.2, 0.25) is 0 Å². The lowest BCUT2D eigenvalue weighted by atomic mass is 9.98. The van der Waals surface area contributed by atoms with Gasteiger partial charge in [-0.2, -0.15) is 0 Å². The molecule has 128 valence electrons. The van der Waals surface area contributed by atoms with Gasteiger partial charge in [0, 0.05) is 10.8 Å². The minimum absolute atomic E-state index is 0.0142. The molecule has 0 aliphatic rings. The summed E-state index contributed by atoms with van der Waals surface area (Å²) in [6, 6.07) is 17.1. The summed E-state index contributed by atoms with van der Waals surface area (Å²) in [7, 11) is 0. The predicted molar refractivity (Wildman–Crippen MR) is 102 cm³/mol. The molecule has 0 N–H and O–H groups in total. The van der Waals surface area contributed by atoms with E-state index in [9.17, 15) is 9.59 Å². The number of carbonyl (C=O) groups is 1. The number of carbonyl (C=O) groups excluding carboxylic acids is 1. The van der Waals surface area contributed by atoms with Crippen molar-refractivity contribution in [2.24, 2.45) is 0 Å². The van der Waals surface area contributed by atoms with Crippen LogP contribution in [0, 0.1) is 0 Å². The molecule has 3 rings (SSSR count). The van der Waals surface area contributed by atoms with Crippen molar-refractivity contribution >= 4 is 27.5 Å². The van der Waals surface area contributed by atoms with Crippen LogP contribution in [0.15, 0.2) is 59.4 Å². The lowest BCUT2D eigenvalue weighted by Crippen LogP contribution is -2.14. The molecule has 25 heavy (non-hydrogen) atoms.